The van der Waals surface area contributed by atoms with E-state index in [9.17, 15) is 4.79 Å². The molecule has 0 aliphatic carbocycles. The Morgan fingerprint density at radius 3 is 2.53 bits per heavy atom. The van der Waals surface area contributed by atoms with Crippen LogP contribution in [0.3, 0.4) is 0 Å². The fourth-order valence-electron chi connectivity index (χ4n) is 3.23. The highest BCUT2D eigenvalue weighted by atomic mass is 32.1. The number of nitrogens with zero attached hydrogens (tertiary/aromatic N) is 2. The van der Waals surface area contributed by atoms with E-state index < -0.39 is 0 Å². The number of hydrazone groups is 1. The summed E-state index contributed by atoms with van der Waals surface area (Å²) in [4.78, 5) is 17.7. The first-order valence-corrected chi connectivity index (χ1v) is 10.7. The molecule has 0 aliphatic rings. The van der Waals surface area contributed by atoms with Crippen molar-refractivity contribution in [1.82, 2.24) is 10.4 Å². The number of para-hydroxylation sites is 1. The molecule has 5 heteroatoms. The third-order valence-corrected chi connectivity index (χ3v) is 5.63. The molecule has 0 saturated heterocycles. The van der Waals surface area contributed by atoms with Crippen molar-refractivity contribution < 1.29 is 4.79 Å². The van der Waals surface area contributed by atoms with E-state index in [1.807, 2.05) is 47.2 Å². The first-order valence-electron chi connectivity index (χ1n) is 9.78. The fraction of sp³-hybridized carbons (Fsp3) is 0.160. The monoisotopic (exact) mass is 413 g/mol. The van der Waals surface area contributed by atoms with Gasteiger partial charge < -0.3 is 0 Å². The van der Waals surface area contributed by atoms with Crippen molar-refractivity contribution in [2.45, 2.75) is 26.2 Å². The van der Waals surface area contributed by atoms with Gasteiger partial charge in [-0.2, -0.15) is 16.4 Å². The molecule has 0 saturated carbocycles. The minimum Gasteiger partial charge on any atom is -0.267 e. The van der Waals surface area contributed by atoms with Crippen LogP contribution in [0.4, 0.5) is 0 Å². The SMILES string of the molecule is CC(C)(C)c1ccc(-c2cc(C(=O)N/N=C/c3ccsc3)c3ccccc3n2)cc1. The van der Waals surface area contributed by atoms with Gasteiger partial charge in [0.1, 0.15) is 0 Å². The van der Waals surface area contributed by atoms with Crippen LogP contribution in [-0.4, -0.2) is 17.1 Å². The van der Waals surface area contributed by atoms with E-state index in [0.717, 1.165) is 27.7 Å². The van der Waals surface area contributed by atoms with Gasteiger partial charge in [-0.3, -0.25) is 4.79 Å². The number of rotatable bonds is 4. The second-order valence-electron chi connectivity index (χ2n) is 8.16. The highest BCUT2D eigenvalue weighted by Crippen LogP contribution is 2.28. The van der Waals surface area contributed by atoms with Crippen molar-refractivity contribution in [3.8, 4) is 11.3 Å². The van der Waals surface area contributed by atoms with Crippen molar-refractivity contribution in [3.63, 3.8) is 0 Å². The van der Waals surface area contributed by atoms with Gasteiger partial charge in [0.15, 0.2) is 0 Å². The molecule has 2 aromatic carbocycles. The van der Waals surface area contributed by atoms with Gasteiger partial charge in [0.25, 0.3) is 5.91 Å². The Hall–Kier alpha value is -3.31. The lowest BCUT2D eigenvalue weighted by Crippen LogP contribution is -2.18. The number of pyridine rings is 1. The molecule has 4 nitrogen and oxygen atoms in total. The van der Waals surface area contributed by atoms with Crippen LogP contribution in [0, 0.1) is 0 Å². The summed E-state index contributed by atoms with van der Waals surface area (Å²) >= 11 is 1.59. The van der Waals surface area contributed by atoms with Crippen molar-refractivity contribution in [2.24, 2.45) is 5.10 Å². The Morgan fingerprint density at radius 1 is 1.07 bits per heavy atom. The third-order valence-electron chi connectivity index (χ3n) is 4.93. The van der Waals surface area contributed by atoms with Crippen LogP contribution in [-0.2, 0) is 5.41 Å². The predicted molar refractivity (Wildman–Crippen MR) is 125 cm³/mol. The molecule has 0 radical (unpaired) electrons. The van der Waals surface area contributed by atoms with Crippen LogP contribution in [0.25, 0.3) is 22.2 Å². The zero-order valence-electron chi connectivity index (χ0n) is 17.2. The van der Waals surface area contributed by atoms with Gasteiger partial charge in [0, 0.05) is 16.5 Å². The molecule has 2 aromatic heterocycles. The van der Waals surface area contributed by atoms with Crippen LogP contribution in [0.15, 0.2) is 76.5 Å². The molecule has 0 unspecified atom stereocenters. The fourth-order valence-corrected chi connectivity index (χ4v) is 3.84. The smallest absolute Gasteiger partial charge is 0.267 e. The number of aromatic nitrogens is 1. The molecule has 0 atom stereocenters. The van der Waals surface area contributed by atoms with Crippen LogP contribution in [0.5, 0.6) is 0 Å². The highest BCUT2D eigenvalue weighted by Gasteiger charge is 2.16. The van der Waals surface area contributed by atoms with Crippen LogP contribution in [0.2, 0.25) is 0 Å². The Balaban J connectivity index is 1.70. The molecule has 150 valence electrons. The summed E-state index contributed by atoms with van der Waals surface area (Å²) in [6.45, 7) is 6.57. The molecule has 1 amide bonds. The van der Waals surface area contributed by atoms with Crippen molar-refractivity contribution in [1.29, 1.82) is 0 Å². The van der Waals surface area contributed by atoms with Crippen molar-refractivity contribution in [3.05, 3.63) is 88.1 Å². The summed E-state index contributed by atoms with van der Waals surface area (Å²) < 4.78 is 0. The number of thiophene rings is 1. The van der Waals surface area contributed by atoms with Gasteiger partial charge in [-0.15, -0.1) is 0 Å². The minimum absolute atomic E-state index is 0.0842. The van der Waals surface area contributed by atoms with E-state index in [1.54, 1.807) is 17.6 Å². The lowest BCUT2D eigenvalue weighted by atomic mass is 9.86. The lowest BCUT2D eigenvalue weighted by molar-refractivity contribution is 0.0956. The molecule has 4 rings (SSSR count). The normalized spacial score (nSPS) is 11.8. The van der Waals surface area contributed by atoms with Gasteiger partial charge in [-0.1, -0.05) is 63.2 Å². The van der Waals surface area contributed by atoms with Crippen LogP contribution >= 0.6 is 11.3 Å². The van der Waals surface area contributed by atoms with E-state index in [4.69, 9.17) is 4.98 Å². The molecule has 0 spiro atoms. The Bertz CT molecular complexity index is 1200. The number of fused-ring (bicyclic) bond motifs is 1. The average Bonchev–Trinajstić information content (AvgIpc) is 3.26. The number of carbonyl (C=O) groups is 1. The minimum atomic E-state index is -0.257. The number of hydrogen-bond donors (Lipinski definition) is 1. The second kappa shape index (κ2) is 8.20. The van der Waals surface area contributed by atoms with Crippen molar-refractivity contribution >= 4 is 34.4 Å². The van der Waals surface area contributed by atoms with E-state index in [2.05, 4.69) is 55.6 Å². The molecule has 4 aromatic rings. The molecule has 0 aliphatic heterocycles. The maximum absolute atomic E-state index is 12.9. The van der Waals surface area contributed by atoms with Gasteiger partial charge in [0.05, 0.1) is 23.0 Å². The Labute approximate surface area is 180 Å². The molecule has 30 heavy (non-hydrogen) atoms. The number of carbonyl (C=O) groups excluding carboxylic acids is 1. The maximum Gasteiger partial charge on any atom is 0.272 e. The summed E-state index contributed by atoms with van der Waals surface area (Å²) in [5, 5.41) is 8.84. The molecule has 0 bridgehead atoms. The average molecular weight is 414 g/mol. The topological polar surface area (TPSA) is 54.4 Å². The summed E-state index contributed by atoms with van der Waals surface area (Å²) in [5.41, 5.74) is 8.02. The van der Waals surface area contributed by atoms with Gasteiger partial charge in [-0.05, 0) is 39.9 Å². The largest absolute Gasteiger partial charge is 0.272 e. The molecular weight excluding hydrogens is 390 g/mol. The first kappa shape index (κ1) is 20.0. The molecular formula is C25H23N3OS. The zero-order chi connectivity index (χ0) is 21.1. The molecule has 1 N–H and O–H groups in total. The third kappa shape index (κ3) is 4.31. The number of benzene rings is 2. The highest BCUT2D eigenvalue weighted by molar-refractivity contribution is 7.08. The van der Waals surface area contributed by atoms with Gasteiger partial charge >= 0.3 is 0 Å². The van der Waals surface area contributed by atoms with Gasteiger partial charge in [0.2, 0.25) is 0 Å². The van der Waals surface area contributed by atoms with Gasteiger partial charge in [-0.25, -0.2) is 10.4 Å². The summed E-state index contributed by atoms with van der Waals surface area (Å²) in [6, 6.07) is 19.8. The second-order valence-corrected chi connectivity index (χ2v) is 8.94. The van der Waals surface area contributed by atoms with Crippen molar-refractivity contribution in [2.75, 3.05) is 0 Å². The quantitative estimate of drug-likeness (QED) is 0.328. The number of nitrogens with one attached hydrogen (secondary N) is 1. The maximum atomic E-state index is 12.9. The zero-order valence-corrected chi connectivity index (χ0v) is 18.0. The summed E-state index contributed by atoms with van der Waals surface area (Å²) in [5.74, 6) is -0.257. The number of hydrogen-bond acceptors (Lipinski definition) is 4. The Morgan fingerprint density at radius 2 is 1.83 bits per heavy atom. The standard InChI is InChI=1S/C25H23N3OS/c1-25(2,3)19-10-8-18(9-11-19)23-14-21(20-6-4-5-7-22(20)27-23)24(29)28-26-15-17-12-13-30-16-17/h4-16H,1-3H3,(H,28,29)/b26-15+. The van der Waals surface area contributed by atoms with Crippen LogP contribution < -0.4 is 5.43 Å². The first-order chi connectivity index (χ1) is 14.4. The predicted octanol–water partition coefficient (Wildman–Crippen LogP) is 6.02. The summed E-state index contributed by atoms with van der Waals surface area (Å²) in [7, 11) is 0. The lowest BCUT2D eigenvalue weighted by Gasteiger charge is -2.19. The molecule has 0 fully saturated rings. The van der Waals surface area contributed by atoms with E-state index >= 15 is 0 Å². The van der Waals surface area contributed by atoms with E-state index in [-0.39, 0.29) is 11.3 Å². The van der Waals surface area contributed by atoms with E-state index in [0.29, 0.717) is 5.56 Å². The Kier molecular flexibility index (Phi) is 5.46. The van der Waals surface area contributed by atoms with Crippen LogP contribution in [0.1, 0.15) is 42.3 Å². The summed E-state index contributed by atoms with van der Waals surface area (Å²) in [6.07, 6.45) is 1.64. The van der Waals surface area contributed by atoms with E-state index in [1.165, 1.54) is 5.56 Å². The molecule has 2 heterocycles. The number of amides is 1.